The summed E-state index contributed by atoms with van der Waals surface area (Å²) >= 11 is 5.81. The molecule has 2 rings (SSSR count). The number of hydrogen-bond donors (Lipinski definition) is 0. The number of carbonyl (C=O) groups is 1. The van der Waals surface area contributed by atoms with E-state index in [-0.39, 0.29) is 10.8 Å². The maximum absolute atomic E-state index is 11.5. The van der Waals surface area contributed by atoms with E-state index in [0.29, 0.717) is 5.69 Å². The predicted molar refractivity (Wildman–Crippen MR) is 65.3 cm³/mol. The monoisotopic (exact) mass is 266 g/mol. The first-order valence-corrected chi connectivity index (χ1v) is 5.52. The Balaban J connectivity index is 2.53. The highest BCUT2D eigenvalue weighted by atomic mass is 35.5. The maximum atomic E-state index is 11.5. The standard InChI is InChI=1S/C11H11ClN4O2/c1-6-7(5-16(2)15-6)8-4-13-10(12)9(14-8)11(17)18-3/h4-5H,1-3H3. The molecular weight excluding hydrogens is 256 g/mol. The van der Waals surface area contributed by atoms with Crippen molar-refractivity contribution in [2.75, 3.05) is 7.11 Å². The Kier molecular flexibility index (Phi) is 3.29. The van der Waals surface area contributed by atoms with Gasteiger partial charge in [-0.05, 0) is 6.92 Å². The van der Waals surface area contributed by atoms with Crippen molar-refractivity contribution in [3.8, 4) is 11.3 Å². The molecule has 0 aliphatic carbocycles. The summed E-state index contributed by atoms with van der Waals surface area (Å²) in [5.41, 5.74) is 2.13. The summed E-state index contributed by atoms with van der Waals surface area (Å²) in [5.74, 6) is -0.615. The zero-order valence-corrected chi connectivity index (χ0v) is 10.9. The number of hydrogen-bond acceptors (Lipinski definition) is 5. The summed E-state index contributed by atoms with van der Waals surface area (Å²) < 4.78 is 6.26. The molecule has 18 heavy (non-hydrogen) atoms. The molecule has 0 fully saturated rings. The Morgan fingerprint density at radius 3 is 2.78 bits per heavy atom. The molecule has 0 N–H and O–H groups in total. The molecule has 0 saturated heterocycles. The quantitative estimate of drug-likeness (QED) is 0.773. The Labute approximate surface area is 109 Å². The van der Waals surface area contributed by atoms with Crippen LogP contribution >= 0.6 is 11.6 Å². The van der Waals surface area contributed by atoms with Gasteiger partial charge in [-0.25, -0.2) is 14.8 Å². The van der Waals surface area contributed by atoms with Crippen LogP contribution in [0.4, 0.5) is 0 Å². The second-order valence-electron chi connectivity index (χ2n) is 3.69. The molecule has 0 spiro atoms. The fourth-order valence-electron chi connectivity index (χ4n) is 1.58. The molecule has 7 heteroatoms. The van der Waals surface area contributed by atoms with Crippen molar-refractivity contribution in [3.63, 3.8) is 0 Å². The van der Waals surface area contributed by atoms with Crippen molar-refractivity contribution in [1.29, 1.82) is 0 Å². The molecule has 6 nitrogen and oxygen atoms in total. The van der Waals surface area contributed by atoms with Crippen molar-refractivity contribution < 1.29 is 9.53 Å². The van der Waals surface area contributed by atoms with Crippen LogP contribution in [0.3, 0.4) is 0 Å². The third-order valence-electron chi connectivity index (χ3n) is 2.40. The predicted octanol–water partition coefficient (Wildman–Crippen LogP) is 1.63. The topological polar surface area (TPSA) is 69.9 Å². The average molecular weight is 267 g/mol. The van der Waals surface area contributed by atoms with Gasteiger partial charge in [-0.1, -0.05) is 11.6 Å². The lowest BCUT2D eigenvalue weighted by molar-refractivity contribution is 0.0594. The van der Waals surface area contributed by atoms with E-state index in [1.165, 1.54) is 13.3 Å². The normalized spacial score (nSPS) is 10.4. The van der Waals surface area contributed by atoms with Crippen LogP contribution in [0.15, 0.2) is 12.4 Å². The highest BCUT2D eigenvalue weighted by Gasteiger charge is 2.17. The van der Waals surface area contributed by atoms with Crippen molar-refractivity contribution in [1.82, 2.24) is 19.7 Å². The summed E-state index contributed by atoms with van der Waals surface area (Å²) in [6, 6.07) is 0. The molecular formula is C11H11ClN4O2. The van der Waals surface area contributed by atoms with Gasteiger partial charge in [-0.15, -0.1) is 0 Å². The molecule has 0 bridgehead atoms. The van der Waals surface area contributed by atoms with Gasteiger partial charge in [0.05, 0.1) is 24.7 Å². The number of carbonyl (C=O) groups excluding carboxylic acids is 1. The molecule has 94 valence electrons. The van der Waals surface area contributed by atoms with Gasteiger partial charge in [0.25, 0.3) is 0 Å². The Morgan fingerprint density at radius 1 is 1.50 bits per heavy atom. The molecule has 0 aliphatic heterocycles. The first kappa shape index (κ1) is 12.5. The lowest BCUT2D eigenvalue weighted by Crippen LogP contribution is -2.07. The number of rotatable bonds is 2. The van der Waals surface area contributed by atoms with E-state index >= 15 is 0 Å². The summed E-state index contributed by atoms with van der Waals surface area (Å²) in [6.07, 6.45) is 3.30. The molecule has 0 radical (unpaired) electrons. The Morgan fingerprint density at radius 2 is 2.22 bits per heavy atom. The van der Waals surface area contributed by atoms with Crippen LogP contribution in [-0.2, 0) is 11.8 Å². The Hall–Kier alpha value is -1.95. The maximum Gasteiger partial charge on any atom is 0.359 e. The van der Waals surface area contributed by atoms with E-state index in [2.05, 4.69) is 19.8 Å². The summed E-state index contributed by atoms with van der Waals surface area (Å²) in [7, 11) is 3.07. The molecule has 2 heterocycles. The minimum atomic E-state index is -0.615. The summed E-state index contributed by atoms with van der Waals surface area (Å²) in [6.45, 7) is 1.85. The van der Waals surface area contributed by atoms with Gasteiger partial charge in [-0.2, -0.15) is 5.10 Å². The molecule has 0 aromatic carbocycles. The number of esters is 1. The highest BCUT2D eigenvalue weighted by molar-refractivity contribution is 6.32. The lowest BCUT2D eigenvalue weighted by Gasteiger charge is -2.03. The van der Waals surface area contributed by atoms with Crippen LogP contribution in [0.1, 0.15) is 16.2 Å². The summed E-state index contributed by atoms with van der Waals surface area (Å²) in [4.78, 5) is 19.6. The number of methoxy groups -OCH3 is 1. The van der Waals surface area contributed by atoms with Gasteiger partial charge in [-0.3, -0.25) is 4.68 Å². The SMILES string of the molecule is COC(=O)c1nc(-c2cn(C)nc2C)cnc1Cl. The van der Waals surface area contributed by atoms with Crippen molar-refractivity contribution in [3.05, 3.63) is 28.9 Å². The number of aromatic nitrogens is 4. The van der Waals surface area contributed by atoms with Crippen LogP contribution in [-0.4, -0.2) is 32.8 Å². The van der Waals surface area contributed by atoms with Crippen LogP contribution in [0.5, 0.6) is 0 Å². The first-order valence-electron chi connectivity index (χ1n) is 5.14. The number of aryl methyl sites for hydroxylation is 2. The second-order valence-corrected chi connectivity index (χ2v) is 4.05. The highest BCUT2D eigenvalue weighted by Crippen LogP contribution is 2.22. The van der Waals surface area contributed by atoms with Gasteiger partial charge in [0, 0.05) is 18.8 Å². The van der Waals surface area contributed by atoms with Gasteiger partial charge in [0.2, 0.25) is 0 Å². The molecule has 2 aromatic rings. The second kappa shape index (κ2) is 4.73. The zero-order valence-electron chi connectivity index (χ0n) is 10.1. The molecule has 0 aliphatic rings. The molecule has 0 saturated carbocycles. The minimum absolute atomic E-state index is 0.0000743. The lowest BCUT2D eigenvalue weighted by atomic mass is 10.2. The number of ether oxygens (including phenoxy) is 1. The van der Waals surface area contributed by atoms with Gasteiger partial charge in [0.15, 0.2) is 10.8 Å². The van der Waals surface area contributed by atoms with E-state index in [1.807, 2.05) is 6.92 Å². The van der Waals surface area contributed by atoms with Gasteiger partial charge >= 0.3 is 5.97 Å². The van der Waals surface area contributed by atoms with E-state index in [9.17, 15) is 4.79 Å². The Bertz CT molecular complexity index is 609. The number of nitrogens with zero attached hydrogens (tertiary/aromatic N) is 4. The number of halogens is 1. The minimum Gasteiger partial charge on any atom is -0.464 e. The molecule has 0 unspecified atom stereocenters. The zero-order chi connectivity index (χ0) is 13.3. The third kappa shape index (κ3) is 2.19. The van der Waals surface area contributed by atoms with E-state index in [0.717, 1.165) is 11.3 Å². The smallest absolute Gasteiger partial charge is 0.359 e. The van der Waals surface area contributed by atoms with Crippen LogP contribution in [0.25, 0.3) is 11.3 Å². The largest absolute Gasteiger partial charge is 0.464 e. The van der Waals surface area contributed by atoms with E-state index in [1.54, 1.807) is 17.9 Å². The molecule has 0 atom stereocenters. The molecule has 2 aromatic heterocycles. The van der Waals surface area contributed by atoms with Crippen LogP contribution in [0.2, 0.25) is 5.15 Å². The van der Waals surface area contributed by atoms with Gasteiger partial charge in [0.1, 0.15) is 0 Å². The van der Waals surface area contributed by atoms with Crippen molar-refractivity contribution in [2.45, 2.75) is 6.92 Å². The molecule has 0 amide bonds. The third-order valence-corrected chi connectivity index (χ3v) is 2.67. The van der Waals surface area contributed by atoms with Crippen LogP contribution in [0, 0.1) is 6.92 Å². The fraction of sp³-hybridized carbons (Fsp3) is 0.273. The van der Waals surface area contributed by atoms with Crippen molar-refractivity contribution >= 4 is 17.6 Å². The average Bonchev–Trinajstić information content (AvgIpc) is 2.68. The van der Waals surface area contributed by atoms with Gasteiger partial charge < -0.3 is 4.74 Å². The van der Waals surface area contributed by atoms with E-state index in [4.69, 9.17) is 11.6 Å². The summed E-state index contributed by atoms with van der Waals surface area (Å²) in [5, 5.41) is 4.22. The first-order chi connectivity index (χ1) is 8.52. The van der Waals surface area contributed by atoms with Crippen molar-refractivity contribution in [2.24, 2.45) is 7.05 Å². The van der Waals surface area contributed by atoms with E-state index < -0.39 is 5.97 Å². The van der Waals surface area contributed by atoms with Crippen LogP contribution < -0.4 is 0 Å². The fourth-order valence-corrected chi connectivity index (χ4v) is 1.75.